The summed E-state index contributed by atoms with van der Waals surface area (Å²) in [6, 6.07) is 4.94. The summed E-state index contributed by atoms with van der Waals surface area (Å²) in [6.07, 6.45) is -0.137. The Kier molecular flexibility index (Phi) is 8.85. The van der Waals surface area contributed by atoms with Crippen molar-refractivity contribution < 1.29 is 23.8 Å². The molecule has 2 aliphatic heterocycles. The van der Waals surface area contributed by atoms with Gasteiger partial charge in [-0.1, -0.05) is 11.8 Å². The van der Waals surface area contributed by atoms with Crippen LogP contribution >= 0.6 is 11.8 Å². The number of thioether (sulfide) groups is 1. The van der Waals surface area contributed by atoms with Gasteiger partial charge in [0.1, 0.15) is 11.5 Å². The van der Waals surface area contributed by atoms with E-state index in [0.29, 0.717) is 34.5 Å². The molecule has 0 aromatic heterocycles. The molecule has 1 amide bonds. The Morgan fingerprint density at radius 3 is 2.40 bits per heavy atom. The fourth-order valence-corrected chi connectivity index (χ4v) is 4.82. The van der Waals surface area contributed by atoms with Crippen LogP contribution in [0.4, 0.5) is 0 Å². The first kappa shape index (κ1) is 26.6. The summed E-state index contributed by atoms with van der Waals surface area (Å²) in [5.74, 6) is 0.645. The second-order valence-electron chi connectivity index (χ2n) is 8.82. The van der Waals surface area contributed by atoms with Crippen molar-refractivity contribution in [2.45, 2.75) is 39.3 Å². The molecule has 0 saturated heterocycles. The number of allylic oxidation sites excluding steroid dienone is 1. The highest BCUT2D eigenvalue weighted by Gasteiger charge is 2.41. The van der Waals surface area contributed by atoms with E-state index in [0.717, 1.165) is 17.8 Å². The van der Waals surface area contributed by atoms with Crippen molar-refractivity contribution in [3.05, 3.63) is 46.1 Å². The number of esters is 1. The first-order valence-corrected chi connectivity index (χ1v) is 12.3. The average molecular weight is 503 g/mol. The Hall–Kier alpha value is -2.98. The van der Waals surface area contributed by atoms with Gasteiger partial charge < -0.3 is 29.3 Å². The molecule has 0 saturated carbocycles. The molecule has 1 aromatic rings. The standard InChI is InChI=1S/C25H34N4O5S/c1-15(2)34-24(31)22-16(3)27-25-29(18(14-35-25)12-21(30)26-8-9-28(4)5)23(22)17-10-19(32-6)13-20(11-17)33-7/h10-11,13-15,23H,8-9,12H2,1-7H3,(H,26,30)/t23-/m1/s1. The molecule has 1 N–H and O–H groups in total. The van der Waals surface area contributed by atoms with Crippen molar-refractivity contribution in [2.24, 2.45) is 4.99 Å². The van der Waals surface area contributed by atoms with Gasteiger partial charge in [-0.3, -0.25) is 4.79 Å². The molecule has 10 heteroatoms. The molecule has 2 heterocycles. The maximum atomic E-state index is 13.3. The first-order valence-electron chi connectivity index (χ1n) is 11.4. The van der Waals surface area contributed by atoms with Crippen LogP contribution in [0, 0.1) is 0 Å². The van der Waals surface area contributed by atoms with E-state index in [-0.39, 0.29) is 18.4 Å². The molecule has 0 spiro atoms. The minimum atomic E-state index is -0.562. The number of benzene rings is 1. The Morgan fingerprint density at radius 1 is 1.17 bits per heavy atom. The second-order valence-corrected chi connectivity index (χ2v) is 9.66. The van der Waals surface area contributed by atoms with E-state index in [4.69, 9.17) is 14.2 Å². The number of hydrogen-bond acceptors (Lipinski definition) is 9. The molecule has 0 unspecified atom stereocenters. The van der Waals surface area contributed by atoms with Crippen molar-refractivity contribution >= 4 is 28.8 Å². The largest absolute Gasteiger partial charge is 0.497 e. The first-order chi connectivity index (χ1) is 16.6. The average Bonchev–Trinajstić information content (AvgIpc) is 3.18. The molecule has 0 bridgehead atoms. The number of fused-ring (bicyclic) bond motifs is 1. The van der Waals surface area contributed by atoms with Crippen molar-refractivity contribution in [3.63, 3.8) is 0 Å². The normalized spacial score (nSPS) is 17.3. The van der Waals surface area contributed by atoms with Crippen molar-refractivity contribution in [3.8, 4) is 11.5 Å². The third-order valence-corrected chi connectivity index (χ3v) is 6.36. The predicted octanol–water partition coefficient (Wildman–Crippen LogP) is 3.30. The van der Waals surface area contributed by atoms with E-state index in [1.165, 1.54) is 11.8 Å². The van der Waals surface area contributed by atoms with Crippen molar-refractivity contribution in [1.29, 1.82) is 0 Å². The van der Waals surface area contributed by atoms with Crippen LogP contribution in [-0.4, -0.2) is 74.4 Å². The highest BCUT2D eigenvalue weighted by atomic mass is 32.2. The van der Waals surface area contributed by atoms with Gasteiger partial charge in [-0.2, -0.15) is 0 Å². The zero-order valence-electron chi connectivity index (χ0n) is 21.4. The van der Waals surface area contributed by atoms with Crippen LogP contribution in [0.15, 0.2) is 45.6 Å². The zero-order valence-corrected chi connectivity index (χ0v) is 22.2. The lowest BCUT2D eigenvalue weighted by Crippen LogP contribution is -2.39. The van der Waals surface area contributed by atoms with Gasteiger partial charge in [0.25, 0.3) is 0 Å². The lowest BCUT2D eigenvalue weighted by atomic mass is 9.93. The number of rotatable bonds is 10. The zero-order chi connectivity index (χ0) is 25.7. The fraction of sp³-hybridized carbons (Fsp3) is 0.480. The molecule has 0 radical (unpaired) electrons. The summed E-state index contributed by atoms with van der Waals surface area (Å²) < 4.78 is 16.6. The van der Waals surface area contributed by atoms with E-state index in [9.17, 15) is 9.59 Å². The minimum Gasteiger partial charge on any atom is -0.497 e. The summed E-state index contributed by atoms with van der Waals surface area (Å²) in [7, 11) is 7.07. The van der Waals surface area contributed by atoms with Gasteiger partial charge >= 0.3 is 5.97 Å². The van der Waals surface area contributed by atoms with E-state index >= 15 is 0 Å². The Labute approximate surface area is 211 Å². The lowest BCUT2D eigenvalue weighted by molar-refractivity contribution is -0.143. The fourth-order valence-electron chi connectivity index (χ4n) is 3.86. The number of amides is 1. The third-order valence-electron chi connectivity index (χ3n) is 5.48. The van der Waals surface area contributed by atoms with Crippen LogP contribution in [-0.2, 0) is 14.3 Å². The highest BCUT2D eigenvalue weighted by molar-refractivity contribution is 8.16. The monoisotopic (exact) mass is 502 g/mol. The smallest absolute Gasteiger partial charge is 0.338 e. The number of likely N-dealkylation sites (N-methyl/N-ethyl adjacent to an activating group) is 1. The number of carbonyl (C=O) groups is 2. The Bertz CT molecular complexity index is 1040. The van der Waals surface area contributed by atoms with E-state index < -0.39 is 12.0 Å². The van der Waals surface area contributed by atoms with Crippen molar-refractivity contribution in [2.75, 3.05) is 41.4 Å². The Balaban J connectivity index is 2.02. The van der Waals surface area contributed by atoms with E-state index in [1.807, 2.05) is 55.3 Å². The topological polar surface area (TPSA) is 92.7 Å². The number of nitrogens with zero attached hydrogens (tertiary/aromatic N) is 3. The van der Waals surface area contributed by atoms with Crippen LogP contribution < -0.4 is 14.8 Å². The molecule has 2 aliphatic rings. The number of methoxy groups -OCH3 is 2. The van der Waals surface area contributed by atoms with Gasteiger partial charge in [-0.05, 0) is 58.0 Å². The third kappa shape index (κ3) is 6.37. The summed E-state index contributed by atoms with van der Waals surface area (Å²) >= 11 is 1.43. The molecule has 1 atom stereocenters. The maximum absolute atomic E-state index is 13.3. The molecule has 9 nitrogen and oxygen atoms in total. The number of ether oxygens (including phenoxy) is 3. The molecule has 190 valence electrons. The van der Waals surface area contributed by atoms with Gasteiger partial charge in [0.05, 0.1) is 44.1 Å². The number of carbonyl (C=O) groups excluding carboxylic acids is 2. The number of aliphatic imine (C=N–C) groups is 1. The Morgan fingerprint density at radius 2 is 1.83 bits per heavy atom. The number of amidine groups is 1. The molecule has 3 rings (SSSR count). The number of hydrogen-bond donors (Lipinski definition) is 1. The summed E-state index contributed by atoms with van der Waals surface area (Å²) in [5, 5.41) is 5.57. The molecule has 1 aromatic carbocycles. The molecular formula is C25H34N4O5S. The van der Waals surface area contributed by atoms with Crippen LogP contribution in [0.3, 0.4) is 0 Å². The van der Waals surface area contributed by atoms with Crippen molar-refractivity contribution in [1.82, 2.24) is 15.1 Å². The highest BCUT2D eigenvalue weighted by Crippen LogP contribution is 2.46. The minimum absolute atomic E-state index is 0.0977. The summed E-state index contributed by atoms with van der Waals surface area (Å²) in [4.78, 5) is 34.7. The van der Waals surface area contributed by atoms with Gasteiger partial charge in [-0.15, -0.1) is 0 Å². The van der Waals surface area contributed by atoms with Crippen LogP contribution in [0.2, 0.25) is 0 Å². The molecular weight excluding hydrogens is 468 g/mol. The van der Waals surface area contributed by atoms with Gasteiger partial charge in [0.2, 0.25) is 5.91 Å². The SMILES string of the molecule is COc1cc(OC)cc([C@@H]2C(C(=O)OC(C)C)=C(C)N=C3SC=C(CC(=O)NCCN(C)C)N32)c1. The van der Waals surface area contributed by atoms with Gasteiger partial charge in [-0.25, -0.2) is 9.79 Å². The molecule has 0 aliphatic carbocycles. The predicted molar refractivity (Wildman–Crippen MR) is 137 cm³/mol. The number of nitrogens with one attached hydrogen (secondary N) is 1. The quantitative estimate of drug-likeness (QED) is 0.487. The van der Waals surface area contributed by atoms with E-state index in [1.54, 1.807) is 27.2 Å². The summed E-state index contributed by atoms with van der Waals surface area (Å²) in [5.41, 5.74) is 2.51. The van der Waals surface area contributed by atoms with E-state index in [2.05, 4.69) is 10.3 Å². The summed E-state index contributed by atoms with van der Waals surface area (Å²) in [6.45, 7) is 6.72. The second kappa shape index (κ2) is 11.6. The van der Waals surface area contributed by atoms with Crippen LogP contribution in [0.5, 0.6) is 11.5 Å². The maximum Gasteiger partial charge on any atom is 0.338 e. The molecule has 0 fully saturated rings. The van der Waals surface area contributed by atoms with Gasteiger partial charge in [0.15, 0.2) is 5.17 Å². The lowest BCUT2D eigenvalue weighted by Gasteiger charge is -2.36. The van der Waals surface area contributed by atoms with Gasteiger partial charge in [0, 0.05) is 24.9 Å². The van der Waals surface area contributed by atoms with Crippen LogP contribution in [0.25, 0.3) is 0 Å². The van der Waals surface area contributed by atoms with Crippen LogP contribution in [0.1, 0.15) is 38.8 Å². The molecule has 35 heavy (non-hydrogen) atoms.